The van der Waals surface area contributed by atoms with Crippen LogP contribution in [-0.2, 0) is 4.74 Å². The average Bonchev–Trinajstić information content (AvgIpc) is 3.73. The van der Waals surface area contributed by atoms with Crippen LogP contribution in [0.2, 0.25) is 0 Å². The number of rotatable bonds is 4. The van der Waals surface area contributed by atoms with Crippen molar-refractivity contribution in [3.05, 3.63) is 0 Å². The van der Waals surface area contributed by atoms with Crippen molar-refractivity contribution < 1.29 is 19.1 Å². The first-order valence-corrected chi connectivity index (χ1v) is 17.1. The van der Waals surface area contributed by atoms with Crippen molar-refractivity contribution in [2.75, 3.05) is 45.9 Å². The quantitative estimate of drug-likeness (QED) is 0.467. The molecule has 2 saturated carbocycles. The fourth-order valence-corrected chi connectivity index (χ4v) is 8.90. The molecule has 5 heterocycles. The number of fused-ring (bicyclic) bond motifs is 2. The minimum atomic E-state index is -0.179. The molecular weight excluding hydrogens is 534 g/mol. The van der Waals surface area contributed by atoms with Gasteiger partial charge >= 0.3 is 18.2 Å². The van der Waals surface area contributed by atoms with E-state index in [4.69, 9.17) is 4.74 Å². The molecule has 1 unspecified atom stereocenters. The predicted molar refractivity (Wildman–Crippen MR) is 160 cm³/mol. The molecule has 0 spiro atoms. The van der Waals surface area contributed by atoms with Crippen molar-refractivity contribution in [2.45, 2.75) is 133 Å². The first-order valence-electron chi connectivity index (χ1n) is 17.1. The number of likely N-dealkylation sites (tertiary alicyclic amines) is 2. The molecule has 7 aliphatic rings. The van der Waals surface area contributed by atoms with Crippen molar-refractivity contribution in [3.63, 3.8) is 0 Å². The average molecular weight is 588 g/mol. The van der Waals surface area contributed by atoms with E-state index in [2.05, 4.69) is 30.7 Å². The second kappa shape index (κ2) is 13.6. The Labute approximate surface area is 251 Å². The Morgan fingerprint density at radius 3 is 1.81 bits per heavy atom. The number of hydrogen-bond donors (Lipinski definition) is 3. The van der Waals surface area contributed by atoms with Crippen LogP contribution in [0.15, 0.2) is 0 Å². The number of carbonyl (C=O) groups excluding carboxylic acids is 3. The van der Waals surface area contributed by atoms with Gasteiger partial charge in [0.25, 0.3) is 0 Å². The van der Waals surface area contributed by atoms with Gasteiger partial charge in [0.15, 0.2) is 0 Å². The smallest absolute Gasteiger partial charge is 0.409 e. The number of nitrogens with one attached hydrogen (secondary N) is 3. The Kier molecular flexibility index (Phi) is 9.63. The maximum atomic E-state index is 12.5. The molecule has 0 radical (unpaired) electrons. The molecule has 3 N–H and O–H groups in total. The molecule has 5 aliphatic heterocycles. The van der Waals surface area contributed by atoms with E-state index >= 15 is 0 Å². The number of nitrogens with zero attached hydrogens (tertiary/aromatic N) is 4. The van der Waals surface area contributed by atoms with Crippen LogP contribution in [-0.4, -0.2) is 126 Å². The first kappa shape index (κ1) is 29.8. The van der Waals surface area contributed by atoms with Gasteiger partial charge in [-0.25, -0.2) is 14.4 Å². The van der Waals surface area contributed by atoms with Crippen LogP contribution in [0.5, 0.6) is 0 Å². The number of urea groups is 2. The Balaban J connectivity index is 0.000000168. The Morgan fingerprint density at radius 2 is 1.24 bits per heavy atom. The van der Waals surface area contributed by atoms with E-state index in [1.807, 2.05) is 11.8 Å². The van der Waals surface area contributed by atoms with Crippen molar-refractivity contribution in [2.24, 2.45) is 0 Å². The minimum absolute atomic E-state index is 0.162. The van der Waals surface area contributed by atoms with Crippen molar-refractivity contribution >= 4 is 18.2 Å². The molecule has 0 aromatic carbocycles. The Hall–Kier alpha value is -2.27. The topological polar surface area (TPSA) is 109 Å². The lowest BCUT2D eigenvalue weighted by atomic mass is 9.89. The van der Waals surface area contributed by atoms with Crippen LogP contribution in [0.1, 0.15) is 90.4 Å². The zero-order valence-electron chi connectivity index (χ0n) is 25.6. The van der Waals surface area contributed by atoms with E-state index in [-0.39, 0.29) is 18.2 Å². The van der Waals surface area contributed by atoms with Gasteiger partial charge < -0.3 is 35.4 Å². The molecule has 7 fully saturated rings. The summed E-state index contributed by atoms with van der Waals surface area (Å²) in [5, 5.41) is 9.75. The Bertz CT molecular complexity index is 954. The summed E-state index contributed by atoms with van der Waals surface area (Å²) in [4.78, 5) is 45.1. The van der Waals surface area contributed by atoms with Gasteiger partial charge in [0.05, 0.1) is 30.8 Å². The zero-order valence-corrected chi connectivity index (χ0v) is 25.6. The van der Waals surface area contributed by atoms with Crippen LogP contribution >= 0.6 is 0 Å². The zero-order chi connectivity index (χ0) is 29.1. The van der Waals surface area contributed by atoms with Gasteiger partial charge in [0.2, 0.25) is 0 Å². The van der Waals surface area contributed by atoms with Gasteiger partial charge in [0.1, 0.15) is 0 Å². The predicted octanol–water partition coefficient (Wildman–Crippen LogP) is 3.09. The summed E-state index contributed by atoms with van der Waals surface area (Å²) in [6, 6.07) is 3.38. The highest BCUT2D eigenvalue weighted by atomic mass is 16.6. The molecule has 2 aliphatic carbocycles. The SMILES string of the molecule is CCOC(=O)N1CCC(N2CCC(N3C(=O)N[C@H]4CCCC[C@@H]43)CC2)C1.O=C1N[C@H]2CCCC[C@@H]2N1C1CCNCC1. The van der Waals surface area contributed by atoms with Gasteiger partial charge in [-0.15, -0.1) is 0 Å². The summed E-state index contributed by atoms with van der Waals surface area (Å²) in [7, 11) is 0. The third-order valence-corrected chi connectivity index (χ3v) is 11.1. The van der Waals surface area contributed by atoms with E-state index in [1.165, 1.54) is 38.5 Å². The van der Waals surface area contributed by atoms with E-state index in [9.17, 15) is 14.4 Å². The lowest BCUT2D eigenvalue weighted by Crippen LogP contribution is -2.52. The van der Waals surface area contributed by atoms with Crippen molar-refractivity contribution in [1.29, 1.82) is 0 Å². The molecular formula is C31H53N7O4. The molecule has 236 valence electrons. The highest BCUT2D eigenvalue weighted by Crippen LogP contribution is 2.34. The largest absolute Gasteiger partial charge is 0.450 e. The van der Waals surface area contributed by atoms with Gasteiger partial charge in [-0.3, -0.25) is 4.90 Å². The summed E-state index contributed by atoms with van der Waals surface area (Å²) in [5.41, 5.74) is 0. The lowest BCUT2D eigenvalue weighted by molar-refractivity contribution is 0.0796. The molecule has 7 rings (SSSR count). The Morgan fingerprint density at radius 1 is 0.714 bits per heavy atom. The molecule has 42 heavy (non-hydrogen) atoms. The molecule has 5 amide bonds. The lowest BCUT2D eigenvalue weighted by Gasteiger charge is -2.41. The van der Waals surface area contributed by atoms with Gasteiger partial charge in [0, 0.05) is 44.3 Å². The highest BCUT2D eigenvalue weighted by molar-refractivity contribution is 5.78. The first-order chi connectivity index (χ1) is 20.5. The minimum Gasteiger partial charge on any atom is -0.450 e. The van der Waals surface area contributed by atoms with Crippen molar-refractivity contribution in [1.82, 2.24) is 35.6 Å². The molecule has 5 atom stereocenters. The second-order valence-electron chi connectivity index (χ2n) is 13.5. The summed E-state index contributed by atoms with van der Waals surface area (Å²) in [5.74, 6) is 0. The maximum Gasteiger partial charge on any atom is 0.409 e. The number of ether oxygens (including phenoxy) is 1. The monoisotopic (exact) mass is 587 g/mol. The van der Waals surface area contributed by atoms with Crippen LogP contribution in [0, 0.1) is 0 Å². The third-order valence-electron chi connectivity index (χ3n) is 11.1. The molecule has 0 bridgehead atoms. The van der Waals surface area contributed by atoms with Gasteiger partial charge in [-0.2, -0.15) is 0 Å². The fraction of sp³-hybridized carbons (Fsp3) is 0.903. The van der Waals surface area contributed by atoms with Crippen LogP contribution in [0.25, 0.3) is 0 Å². The van der Waals surface area contributed by atoms with E-state index < -0.39 is 0 Å². The van der Waals surface area contributed by atoms with Crippen molar-refractivity contribution in [3.8, 4) is 0 Å². The summed E-state index contributed by atoms with van der Waals surface area (Å²) in [6.45, 7) is 8.02. The number of piperidine rings is 2. The summed E-state index contributed by atoms with van der Waals surface area (Å²) < 4.78 is 5.13. The molecule has 11 nitrogen and oxygen atoms in total. The van der Waals surface area contributed by atoms with Gasteiger partial charge in [-0.05, 0) is 77.8 Å². The number of hydrogen-bond acceptors (Lipinski definition) is 6. The van der Waals surface area contributed by atoms with E-state index in [0.717, 1.165) is 84.2 Å². The molecule has 11 heteroatoms. The molecule has 0 aromatic heterocycles. The molecule has 0 aromatic rings. The highest BCUT2D eigenvalue weighted by Gasteiger charge is 2.45. The number of amides is 5. The maximum absolute atomic E-state index is 12.5. The summed E-state index contributed by atoms with van der Waals surface area (Å²) in [6.07, 6.45) is 14.9. The third kappa shape index (κ3) is 6.32. The van der Waals surface area contributed by atoms with Crippen LogP contribution in [0.3, 0.4) is 0 Å². The fourth-order valence-electron chi connectivity index (χ4n) is 8.90. The van der Waals surface area contributed by atoms with E-state index in [0.29, 0.717) is 48.9 Å². The molecule has 5 saturated heterocycles. The number of carbonyl (C=O) groups is 3. The van der Waals surface area contributed by atoms with Gasteiger partial charge in [-0.1, -0.05) is 25.7 Å². The van der Waals surface area contributed by atoms with E-state index in [1.54, 1.807) is 0 Å². The van der Waals surface area contributed by atoms with Crippen LogP contribution in [0.4, 0.5) is 14.4 Å². The standard InChI is InChI=1S/C19H32N4O3.C12H21N3O/c1-2-26-19(25)22-12-9-15(13-22)21-10-7-14(8-11-21)23-17-6-4-3-5-16(17)20-18(23)24;16-12-14-10-3-1-2-4-11(10)15(12)9-5-7-13-8-6-9/h14-17H,2-13H2,1H3,(H,20,24);9-11,13H,1-8H2,(H,14,16)/t15?,16-,17-;10-,11-/m00/s1. The van der Waals surface area contributed by atoms with Crippen LogP contribution < -0.4 is 16.0 Å². The normalized spacial score (nSPS) is 34.3. The second-order valence-corrected chi connectivity index (χ2v) is 13.5. The summed E-state index contributed by atoms with van der Waals surface area (Å²) >= 11 is 0.